The van der Waals surface area contributed by atoms with E-state index in [0.717, 1.165) is 57.8 Å². The number of allylic oxidation sites excluding steroid dienone is 2. The lowest BCUT2D eigenvalue weighted by molar-refractivity contribution is -0.167. The largest absolute Gasteiger partial charge is 0.462 e. The summed E-state index contributed by atoms with van der Waals surface area (Å²) in [5.41, 5.74) is 0. The summed E-state index contributed by atoms with van der Waals surface area (Å²) in [6, 6.07) is 0. The molecule has 0 fully saturated rings. The van der Waals surface area contributed by atoms with Gasteiger partial charge in [-0.15, -0.1) is 0 Å². The van der Waals surface area contributed by atoms with Crippen molar-refractivity contribution in [2.24, 2.45) is 0 Å². The zero-order chi connectivity index (χ0) is 56.4. The van der Waals surface area contributed by atoms with Gasteiger partial charge in [0.15, 0.2) is 6.10 Å². The molecular formula is C72H138O6. The summed E-state index contributed by atoms with van der Waals surface area (Å²) in [4.78, 5) is 38.0. The van der Waals surface area contributed by atoms with Crippen LogP contribution in [0.1, 0.15) is 412 Å². The highest BCUT2D eigenvalue weighted by molar-refractivity contribution is 5.71. The summed E-state index contributed by atoms with van der Waals surface area (Å²) >= 11 is 0. The van der Waals surface area contributed by atoms with E-state index in [9.17, 15) is 14.4 Å². The average molecular weight is 1100 g/mol. The molecule has 0 aromatic heterocycles. The van der Waals surface area contributed by atoms with Crippen LogP contribution in [0.2, 0.25) is 0 Å². The average Bonchev–Trinajstić information content (AvgIpc) is 3.44. The topological polar surface area (TPSA) is 78.9 Å². The quantitative estimate of drug-likeness (QED) is 0.0261. The van der Waals surface area contributed by atoms with Crippen molar-refractivity contribution < 1.29 is 28.6 Å². The molecular weight excluding hydrogens is 961 g/mol. The molecule has 0 saturated heterocycles. The molecule has 0 rings (SSSR count). The van der Waals surface area contributed by atoms with Crippen molar-refractivity contribution in [3.05, 3.63) is 12.2 Å². The van der Waals surface area contributed by atoms with E-state index in [4.69, 9.17) is 14.2 Å². The number of rotatable bonds is 67. The SMILES string of the molecule is CCCCCCCC/C=C\CCCCCCCCCCCC(=O)OC(COC(=O)CCCCCCCC)COC(=O)CCCCCCCCCCCCCCCCCCCCCCCCCCCCCCCCCCCCC. The first-order valence-electron chi connectivity index (χ1n) is 35.7. The number of hydrogen-bond donors (Lipinski definition) is 0. The van der Waals surface area contributed by atoms with Crippen molar-refractivity contribution in [3.63, 3.8) is 0 Å². The van der Waals surface area contributed by atoms with Crippen LogP contribution in [0.5, 0.6) is 0 Å². The molecule has 6 heteroatoms. The molecule has 0 amide bonds. The summed E-state index contributed by atoms with van der Waals surface area (Å²) in [5, 5.41) is 0. The minimum atomic E-state index is -0.765. The Morgan fingerprint density at radius 2 is 0.423 bits per heavy atom. The molecule has 0 aliphatic rings. The van der Waals surface area contributed by atoms with E-state index in [1.807, 2.05) is 0 Å². The van der Waals surface area contributed by atoms with Crippen LogP contribution in [0.3, 0.4) is 0 Å². The van der Waals surface area contributed by atoms with Gasteiger partial charge in [0.05, 0.1) is 0 Å². The fourth-order valence-electron chi connectivity index (χ4n) is 11.2. The number of ether oxygens (including phenoxy) is 3. The monoisotopic (exact) mass is 1100 g/mol. The first-order valence-corrected chi connectivity index (χ1v) is 35.7. The lowest BCUT2D eigenvalue weighted by Crippen LogP contribution is -2.30. The van der Waals surface area contributed by atoms with Gasteiger partial charge in [-0.25, -0.2) is 0 Å². The lowest BCUT2D eigenvalue weighted by Gasteiger charge is -2.18. The molecule has 0 heterocycles. The maximum Gasteiger partial charge on any atom is 0.306 e. The van der Waals surface area contributed by atoms with Crippen molar-refractivity contribution in [3.8, 4) is 0 Å². The number of hydrogen-bond acceptors (Lipinski definition) is 6. The molecule has 0 radical (unpaired) electrons. The van der Waals surface area contributed by atoms with Crippen LogP contribution in [0.25, 0.3) is 0 Å². The summed E-state index contributed by atoms with van der Waals surface area (Å²) in [7, 11) is 0. The van der Waals surface area contributed by atoms with Gasteiger partial charge in [-0.1, -0.05) is 360 Å². The summed E-state index contributed by atoms with van der Waals surface area (Å²) in [6.07, 6.45) is 81.6. The van der Waals surface area contributed by atoms with Gasteiger partial charge in [-0.2, -0.15) is 0 Å². The molecule has 0 aliphatic carbocycles. The number of carbonyl (C=O) groups excluding carboxylic acids is 3. The number of unbranched alkanes of at least 4 members (excludes halogenated alkanes) is 54. The van der Waals surface area contributed by atoms with Crippen molar-refractivity contribution in [1.29, 1.82) is 0 Å². The molecule has 6 nitrogen and oxygen atoms in total. The standard InChI is InChI=1S/C72H138O6/c1-4-7-10-13-16-18-20-22-24-26-28-29-30-31-32-33-34-35-36-37-38-39-40-41-42-43-45-46-48-50-52-54-56-59-62-65-71(74)77-68-69(67-76-70(73)64-61-58-15-12-9-6-3)78-72(75)66-63-60-57-55-53-51-49-47-44-27-25-23-21-19-17-14-11-8-5-2/h23,25,69H,4-22,24,26-68H2,1-3H3/b25-23-. The molecule has 78 heavy (non-hydrogen) atoms. The maximum absolute atomic E-state index is 12.8. The fraction of sp³-hybridized carbons (Fsp3) is 0.931. The van der Waals surface area contributed by atoms with E-state index in [0.29, 0.717) is 19.3 Å². The molecule has 0 spiro atoms. The molecule has 462 valence electrons. The first kappa shape index (κ1) is 76.1. The molecule has 0 N–H and O–H groups in total. The van der Waals surface area contributed by atoms with Crippen LogP contribution in [0.4, 0.5) is 0 Å². The van der Waals surface area contributed by atoms with E-state index in [1.54, 1.807) is 0 Å². The molecule has 0 aromatic rings. The van der Waals surface area contributed by atoms with E-state index >= 15 is 0 Å². The van der Waals surface area contributed by atoms with Gasteiger partial charge >= 0.3 is 17.9 Å². The van der Waals surface area contributed by atoms with Gasteiger partial charge in [0, 0.05) is 19.3 Å². The zero-order valence-electron chi connectivity index (χ0n) is 53.2. The Morgan fingerprint density at radius 1 is 0.244 bits per heavy atom. The molecule has 0 aliphatic heterocycles. The van der Waals surface area contributed by atoms with E-state index in [-0.39, 0.29) is 31.1 Å². The third-order valence-electron chi connectivity index (χ3n) is 16.5. The van der Waals surface area contributed by atoms with Gasteiger partial charge in [-0.05, 0) is 44.9 Å². The molecule has 1 atom stereocenters. The third kappa shape index (κ3) is 65.0. The van der Waals surface area contributed by atoms with Crippen molar-refractivity contribution >= 4 is 17.9 Å². The maximum atomic E-state index is 12.8. The van der Waals surface area contributed by atoms with Gasteiger partial charge in [0.1, 0.15) is 13.2 Å². The first-order chi connectivity index (χ1) is 38.5. The third-order valence-corrected chi connectivity index (χ3v) is 16.5. The van der Waals surface area contributed by atoms with Crippen molar-refractivity contribution in [1.82, 2.24) is 0 Å². The van der Waals surface area contributed by atoms with E-state index in [1.165, 1.54) is 315 Å². The Labute approximate surface area is 488 Å². The Bertz CT molecular complexity index is 1210. The van der Waals surface area contributed by atoms with Crippen LogP contribution in [0, 0.1) is 0 Å². The predicted octanol–water partition coefficient (Wildman–Crippen LogP) is 24.4. The van der Waals surface area contributed by atoms with E-state index in [2.05, 4.69) is 32.9 Å². The second-order valence-electron chi connectivity index (χ2n) is 24.5. The normalized spacial score (nSPS) is 12.0. The summed E-state index contributed by atoms with van der Waals surface area (Å²) < 4.78 is 16.8. The second kappa shape index (κ2) is 67.7. The van der Waals surface area contributed by atoms with Crippen LogP contribution < -0.4 is 0 Å². The van der Waals surface area contributed by atoms with Crippen molar-refractivity contribution in [2.45, 2.75) is 419 Å². The highest BCUT2D eigenvalue weighted by atomic mass is 16.6. The van der Waals surface area contributed by atoms with Gasteiger partial charge in [0.25, 0.3) is 0 Å². The molecule has 0 saturated carbocycles. The molecule has 0 bridgehead atoms. The predicted molar refractivity (Wildman–Crippen MR) is 340 cm³/mol. The van der Waals surface area contributed by atoms with Crippen LogP contribution in [-0.2, 0) is 28.6 Å². The van der Waals surface area contributed by atoms with Gasteiger partial charge in [0.2, 0.25) is 0 Å². The number of carbonyl (C=O) groups is 3. The Morgan fingerprint density at radius 3 is 0.641 bits per heavy atom. The molecule has 0 aromatic carbocycles. The second-order valence-corrected chi connectivity index (χ2v) is 24.5. The van der Waals surface area contributed by atoms with Crippen LogP contribution in [-0.4, -0.2) is 37.2 Å². The fourth-order valence-corrected chi connectivity index (χ4v) is 11.2. The Kier molecular flexibility index (Phi) is 66.0. The van der Waals surface area contributed by atoms with Crippen LogP contribution >= 0.6 is 0 Å². The smallest absolute Gasteiger partial charge is 0.306 e. The van der Waals surface area contributed by atoms with E-state index < -0.39 is 6.10 Å². The lowest BCUT2D eigenvalue weighted by atomic mass is 10.0. The summed E-state index contributed by atoms with van der Waals surface area (Å²) in [6.45, 7) is 6.65. The highest BCUT2D eigenvalue weighted by Gasteiger charge is 2.19. The Hall–Kier alpha value is -1.85. The van der Waals surface area contributed by atoms with Crippen molar-refractivity contribution in [2.75, 3.05) is 13.2 Å². The minimum absolute atomic E-state index is 0.0654. The zero-order valence-corrected chi connectivity index (χ0v) is 53.2. The highest BCUT2D eigenvalue weighted by Crippen LogP contribution is 2.19. The van der Waals surface area contributed by atoms with Gasteiger partial charge < -0.3 is 14.2 Å². The Balaban J connectivity index is 3.87. The molecule has 1 unspecified atom stereocenters. The van der Waals surface area contributed by atoms with Crippen LogP contribution in [0.15, 0.2) is 12.2 Å². The number of esters is 3. The minimum Gasteiger partial charge on any atom is -0.462 e. The summed E-state index contributed by atoms with van der Waals surface area (Å²) in [5.74, 6) is -0.850. The van der Waals surface area contributed by atoms with Gasteiger partial charge in [-0.3, -0.25) is 14.4 Å².